The van der Waals surface area contributed by atoms with Crippen LogP contribution in [0.25, 0.3) is 0 Å². The van der Waals surface area contributed by atoms with Gasteiger partial charge in [-0.25, -0.2) is 0 Å². The summed E-state index contributed by atoms with van der Waals surface area (Å²) in [4.78, 5) is 3.95. The Balaban J connectivity index is 2.35. The van der Waals surface area contributed by atoms with Crippen LogP contribution in [0.1, 0.15) is 0 Å². The zero-order valence-corrected chi connectivity index (χ0v) is 11.7. The van der Waals surface area contributed by atoms with E-state index in [1.54, 1.807) is 32.4 Å². The zero-order valence-electron chi connectivity index (χ0n) is 10.1. The molecule has 0 radical (unpaired) electrons. The van der Waals surface area contributed by atoms with Gasteiger partial charge in [0.05, 0.1) is 19.9 Å². The first kappa shape index (κ1) is 13.6. The molecule has 1 aromatic carbocycles. The highest BCUT2D eigenvalue weighted by molar-refractivity contribution is 6.32. The minimum absolute atomic E-state index is 0.000575. The molecule has 19 heavy (non-hydrogen) atoms. The van der Waals surface area contributed by atoms with Gasteiger partial charge < -0.3 is 14.8 Å². The van der Waals surface area contributed by atoms with Crippen molar-refractivity contribution in [1.29, 1.82) is 0 Å². The van der Waals surface area contributed by atoms with E-state index < -0.39 is 0 Å². The summed E-state index contributed by atoms with van der Waals surface area (Å²) in [6.45, 7) is 0. The average molecular weight is 301 g/mol. The number of nitrogens with one attached hydrogen (secondary N) is 1. The van der Waals surface area contributed by atoms with Crippen LogP contribution in [0.2, 0.25) is 10.4 Å². The van der Waals surface area contributed by atoms with Gasteiger partial charge in [0.25, 0.3) is 0 Å². The normalized spacial score (nSPS) is 10.1. The molecule has 8 heteroatoms. The van der Waals surface area contributed by atoms with Crippen molar-refractivity contribution in [1.82, 2.24) is 15.2 Å². The van der Waals surface area contributed by atoms with Gasteiger partial charge in [0.1, 0.15) is 11.5 Å². The number of aromatic nitrogens is 3. The van der Waals surface area contributed by atoms with Gasteiger partial charge in [-0.15, -0.1) is 10.2 Å². The SMILES string of the molecule is COc1ccc(Nc2nc(Cl)nnc2Cl)c(OC)c1. The van der Waals surface area contributed by atoms with E-state index in [0.717, 1.165) is 0 Å². The van der Waals surface area contributed by atoms with E-state index >= 15 is 0 Å². The number of methoxy groups -OCH3 is 2. The van der Waals surface area contributed by atoms with Gasteiger partial charge in [-0.05, 0) is 23.7 Å². The topological polar surface area (TPSA) is 69.2 Å². The lowest BCUT2D eigenvalue weighted by atomic mass is 10.2. The van der Waals surface area contributed by atoms with E-state index in [1.807, 2.05) is 0 Å². The molecular weight excluding hydrogens is 291 g/mol. The van der Waals surface area contributed by atoms with E-state index in [1.165, 1.54) is 0 Å². The third kappa shape index (κ3) is 3.15. The molecule has 2 aromatic rings. The Kier molecular flexibility index (Phi) is 4.24. The summed E-state index contributed by atoms with van der Waals surface area (Å²) < 4.78 is 10.4. The molecule has 0 aliphatic carbocycles. The number of hydrogen-bond donors (Lipinski definition) is 1. The molecule has 1 N–H and O–H groups in total. The zero-order chi connectivity index (χ0) is 13.8. The number of rotatable bonds is 4. The van der Waals surface area contributed by atoms with Gasteiger partial charge in [-0.3, -0.25) is 0 Å². The molecule has 0 atom stereocenters. The van der Waals surface area contributed by atoms with Gasteiger partial charge in [-0.2, -0.15) is 4.98 Å². The van der Waals surface area contributed by atoms with Crippen molar-refractivity contribution in [3.8, 4) is 11.5 Å². The third-order valence-electron chi connectivity index (χ3n) is 2.28. The van der Waals surface area contributed by atoms with Crippen LogP contribution in [0.15, 0.2) is 18.2 Å². The molecule has 0 unspecified atom stereocenters. The van der Waals surface area contributed by atoms with Crippen molar-refractivity contribution in [2.75, 3.05) is 19.5 Å². The third-order valence-corrected chi connectivity index (χ3v) is 2.70. The average Bonchev–Trinajstić information content (AvgIpc) is 2.43. The highest BCUT2D eigenvalue weighted by atomic mass is 35.5. The highest BCUT2D eigenvalue weighted by Gasteiger charge is 2.10. The molecule has 0 aliphatic heterocycles. The molecule has 1 aromatic heterocycles. The van der Waals surface area contributed by atoms with Gasteiger partial charge in [0.2, 0.25) is 5.28 Å². The molecule has 2 rings (SSSR count). The van der Waals surface area contributed by atoms with Crippen molar-refractivity contribution in [2.45, 2.75) is 0 Å². The summed E-state index contributed by atoms with van der Waals surface area (Å²) in [5, 5.41) is 10.3. The fourth-order valence-corrected chi connectivity index (χ4v) is 1.65. The first-order valence-corrected chi connectivity index (χ1v) is 5.94. The number of ether oxygens (including phenoxy) is 2. The van der Waals surface area contributed by atoms with Crippen molar-refractivity contribution in [3.05, 3.63) is 28.6 Å². The lowest BCUT2D eigenvalue weighted by molar-refractivity contribution is 0.395. The molecule has 0 saturated heterocycles. The lowest BCUT2D eigenvalue weighted by Gasteiger charge is -2.12. The van der Waals surface area contributed by atoms with Crippen LogP contribution in [0, 0.1) is 0 Å². The number of benzene rings is 1. The Morgan fingerprint density at radius 3 is 2.58 bits per heavy atom. The molecule has 6 nitrogen and oxygen atoms in total. The molecule has 0 saturated carbocycles. The standard InChI is InChI=1S/C11H10Cl2N4O2/c1-18-6-3-4-7(8(5-6)19-2)14-10-9(12)16-17-11(13)15-10/h3-5H,1-2H3,(H,14,15,17). The summed E-state index contributed by atoms with van der Waals surface area (Å²) in [5.74, 6) is 1.54. The lowest BCUT2D eigenvalue weighted by Crippen LogP contribution is -2.00. The maximum atomic E-state index is 5.88. The summed E-state index contributed by atoms with van der Waals surface area (Å²) in [5.41, 5.74) is 0.654. The van der Waals surface area contributed by atoms with Crippen molar-refractivity contribution in [3.63, 3.8) is 0 Å². The van der Waals surface area contributed by atoms with Crippen LogP contribution in [-0.4, -0.2) is 29.4 Å². The first-order chi connectivity index (χ1) is 9.13. The number of hydrogen-bond acceptors (Lipinski definition) is 6. The Bertz CT molecular complexity index is 595. The largest absolute Gasteiger partial charge is 0.497 e. The molecule has 0 bridgehead atoms. The van der Waals surface area contributed by atoms with Crippen molar-refractivity contribution < 1.29 is 9.47 Å². The molecule has 0 spiro atoms. The van der Waals surface area contributed by atoms with Gasteiger partial charge in [0.15, 0.2) is 11.0 Å². The predicted molar refractivity (Wildman–Crippen MR) is 72.7 cm³/mol. The number of anilines is 2. The monoisotopic (exact) mass is 300 g/mol. The van der Waals surface area contributed by atoms with Crippen LogP contribution in [0.4, 0.5) is 11.5 Å². The van der Waals surface area contributed by atoms with Crippen LogP contribution < -0.4 is 14.8 Å². The second kappa shape index (κ2) is 5.90. The van der Waals surface area contributed by atoms with Gasteiger partial charge in [0, 0.05) is 6.07 Å². The van der Waals surface area contributed by atoms with E-state index in [4.69, 9.17) is 32.7 Å². The maximum Gasteiger partial charge on any atom is 0.245 e. The maximum absolute atomic E-state index is 5.88. The Morgan fingerprint density at radius 2 is 1.89 bits per heavy atom. The predicted octanol–water partition coefficient (Wildman–Crippen LogP) is 2.94. The van der Waals surface area contributed by atoms with Crippen LogP contribution >= 0.6 is 23.2 Å². The van der Waals surface area contributed by atoms with Crippen molar-refractivity contribution >= 4 is 34.7 Å². The second-order valence-corrected chi connectivity index (χ2v) is 4.11. The molecule has 0 fully saturated rings. The minimum atomic E-state index is -0.000575. The summed E-state index contributed by atoms with van der Waals surface area (Å²) in [6.07, 6.45) is 0. The van der Waals surface area contributed by atoms with Crippen LogP contribution in [-0.2, 0) is 0 Å². The van der Waals surface area contributed by atoms with Gasteiger partial charge in [-0.1, -0.05) is 11.6 Å². The minimum Gasteiger partial charge on any atom is -0.497 e. The van der Waals surface area contributed by atoms with Crippen LogP contribution in [0.3, 0.4) is 0 Å². The number of nitrogens with zero attached hydrogens (tertiary/aromatic N) is 3. The summed E-state index contributed by atoms with van der Waals surface area (Å²) in [7, 11) is 3.12. The highest BCUT2D eigenvalue weighted by Crippen LogP contribution is 2.32. The molecular formula is C11H10Cl2N4O2. The Labute approximate surface area is 119 Å². The summed E-state index contributed by atoms with van der Waals surface area (Å²) >= 11 is 11.5. The Hall–Kier alpha value is -1.79. The summed E-state index contributed by atoms with van der Waals surface area (Å²) in [6, 6.07) is 5.27. The molecule has 0 aliphatic rings. The van der Waals surface area contributed by atoms with Gasteiger partial charge >= 0.3 is 0 Å². The van der Waals surface area contributed by atoms with E-state index in [9.17, 15) is 0 Å². The number of halogens is 2. The van der Waals surface area contributed by atoms with E-state index in [2.05, 4.69) is 20.5 Å². The molecule has 0 amide bonds. The quantitative estimate of drug-likeness (QED) is 0.936. The molecule has 1 heterocycles. The fourth-order valence-electron chi connectivity index (χ4n) is 1.40. The fraction of sp³-hybridized carbons (Fsp3) is 0.182. The molecule has 100 valence electrons. The van der Waals surface area contributed by atoms with Crippen molar-refractivity contribution in [2.24, 2.45) is 0 Å². The smallest absolute Gasteiger partial charge is 0.245 e. The van der Waals surface area contributed by atoms with E-state index in [0.29, 0.717) is 23.0 Å². The second-order valence-electron chi connectivity index (χ2n) is 3.41. The Morgan fingerprint density at radius 1 is 1.11 bits per heavy atom. The first-order valence-electron chi connectivity index (χ1n) is 5.19. The van der Waals surface area contributed by atoms with E-state index in [-0.39, 0.29) is 10.4 Å². The van der Waals surface area contributed by atoms with Crippen LogP contribution in [0.5, 0.6) is 11.5 Å².